The molecule has 2 aliphatic rings. The van der Waals surface area contributed by atoms with E-state index in [4.69, 9.17) is 5.10 Å². The number of nitrogens with zero attached hydrogens (tertiary/aromatic N) is 5. The SMILES string of the molecule is CCS(=O)(=O)N1CCc2c(c(-c3ncc(C)n3CC3CC3)nn2C)C1. The number of hydrogen-bond donors (Lipinski definition) is 0. The maximum atomic E-state index is 12.3. The zero-order chi connectivity index (χ0) is 17.8. The maximum Gasteiger partial charge on any atom is 0.214 e. The Kier molecular flexibility index (Phi) is 3.99. The van der Waals surface area contributed by atoms with Gasteiger partial charge >= 0.3 is 0 Å². The fourth-order valence-corrected chi connectivity index (χ4v) is 4.67. The van der Waals surface area contributed by atoms with Crippen LogP contribution in [-0.4, -0.2) is 44.4 Å². The zero-order valence-corrected chi connectivity index (χ0v) is 15.9. The lowest BCUT2D eigenvalue weighted by Crippen LogP contribution is -2.37. The van der Waals surface area contributed by atoms with E-state index in [2.05, 4.69) is 16.5 Å². The molecule has 0 saturated heterocycles. The Morgan fingerprint density at radius 3 is 2.76 bits per heavy atom. The van der Waals surface area contributed by atoms with Crippen LogP contribution in [-0.2, 0) is 36.6 Å². The van der Waals surface area contributed by atoms with Crippen LogP contribution in [0.4, 0.5) is 0 Å². The normalized spacial score (nSPS) is 18.5. The molecule has 0 spiro atoms. The second-order valence-electron chi connectivity index (χ2n) is 7.16. The Labute approximate surface area is 148 Å². The smallest absolute Gasteiger partial charge is 0.214 e. The van der Waals surface area contributed by atoms with E-state index in [-0.39, 0.29) is 5.75 Å². The van der Waals surface area contributed by atoms with Crippen molar-refractivity contribution in [2.24, 2.45) is 13.0 Å². The van der Waals surface area contributed by atoms with E-state index in [9.17, 15) is 8.42 Å². The molecule has 0 amide bonds. The van der Waals surface area contributed by atoms with Gasteiger partial charge in [-0.3, -0.25) is 4.68 Å². The summed E-state index contributed by atoms with van der Waals surface area (Å²) in [6.07, 6.45) is 5.14. The van der Waals surface area contributed by atoms with Crippen LogP contribution in [0.15, 0.2) is 6.20 Å². The molecule has 3 heterocycles. The molecule has 25 heavy (non-hydrogen) atoms. The lowest BCUT2D eigenvalue weighted by Gasteiger charge is -2.26. The molecule has 1 fully saturated rings. The highest BCUT2D eigenvalue weighted by molar-refractivity contribution is 7.89. The van der Waals surface area contributed by atoms with E-state index >= 15 is 0 Å². The van der Waals surface area contributed by atoms with Crippen LogP contribution in [0.25, 0.3) is 11.5 Å². The summed E-state index contributed by atoms with van der Waals surface area (Å²) in [4.78, 5) is 4.61. The minimum Gasteiger partial charge on any atom is -0.327 e. The third kappa shape index (κ3) is 2.91. The van der Waals surface area contributed by atoms with Crippen LogP contribution >= 0.6 is 0 Å². The Morgan fingerprint density at radius 2 is 2.08 bits per heavy atom. The summed E-state index contributed by atoms with van der Waals surface area (Å²) in [5.41, 5.74) is 4.10. The summed E-state index contributed by atoms with van der Waals surface area (Å²) in [6, 6.07) is 0. The van der Waals surface area contributed by atoms with Gasteiger partial charge in [-0.15, -0.1) is 0 Å². The molecule has 0 aromatic carbocycles. The molecule has 0 atom stereocenters. The largest absolute Gasteiger partial charge is 0.327 e. The van der Waals surface area contributed by atoms with Gasteiger partial charge in [-0.2, -0.15) is 9.40 Å². The van der Waals surface area contributed by atoms with Crippen molar-refractivity contribution < 1.29 is 8.42 Å². The van der Waals surface area contributed by atoms with Crippen LogP contribution in [0.1, 0.15) is 36.7 Å². The molecule has 8 heteroatoms. The first-order valence-electron chi connectivity index (χ1n) is 8.95. The lowest BCUT2D eigenvalue weighted by molar-refractivity contribution is 0.387. The van der Waals surface area contributed by atoms with Crippen molar-refractivity contribution in [3.63, 3.8) is 0 Å². The Balaban J connectivity index is 1.76. The molecule has 2 aromatic rings. The van der Waals surface area contributed by atoms with Gasteiger partial charge in [0, 0.05) is 56.3 Å². The van der Waals surface area contributed by atoms with Crippen LogP contribution in [0.3, 0.4) is 0 Å². The minimum absolute atomic E-state index is 0.132. The monoisotopic (exact) mass is 363 g/mol. The van der Waals surface area contributed by atoms with Crippen LogP contribution < -0.4 is 0 Å². The number of sulfonamides is 1. The molecule has 0 bridgehead atoms. The van der Waals surface area contributed by atoms with Gasteiger partial charge in [0.25, 0.3) is 0 Å². The van der Waals surface area contributed by atoms with Crippen molar-refractivity contribution in [1.82, 2.24) is 23.6 Å². The van der Waals surface area contributed by atoms with E-state index in [1.165, 1.54) is 12.8 Å². The first-order chi connectivity index (χ1) is 11.9. The molecule has 4 rings (SSSR count). The van der Waals surface area contributed by atoms with Gasteiger partial charge in [0.15, 0.2) is 5.82 Å². The third-order valence-corrected chi connectivity index (χ3v) is 7.20. The van der Waals surface area contributed by atoms with Crippen molar-refractivity contribution in [2.75, 3.05) is 12.3 Å². The van der Waals surface area contributed by atoms with Crippen LogP contribution in [0.2, 0.25) is 0 Å². The van der Waals surface area contributed by atoms with E-state index in [1.54, 1.807) is 11.2 Å². The molecule has 0 N–H and O–H groups in total. The van der Waals surface area contributed by atoms with Crippen molar-refractivity contribution in [1.29, 1.82) is 0 Å². The molecule has 7 nitrogen and oxygen atoms in total. The highest BCUT2D eigenvalue weighted by Gasteiger charge is 2.32. The van der Waals surface area contributed by atoms with E-state index < -0.39 is 10.0 Å². The summed E-state index contributed by atoms with van der Waals surface area (Å²) in [7, 11) is -1.26. The van der Waals surface area contributed by atoms with Gasteiger partial charge in [-0.25, -0.2) is 13.4 Å². The molecular weight excluding hydrogens is 338 g/mol. The predicted octanol–water partition coefficient (Wildman–Crippen LogP) is 1.71. The van der Waals surface area contributed by atoms with E-state index in [0.29, 0.717) is 19.5 Å². The van der Waals surface area contributed by atoms with Gasteiger partial charge < -0.3 is 4.57 Å². The van der Waals surface area contributed by atoms with Crippen LogP contribution in [0, 0.1) is 12.8 Å². The molecular formula is C17H25N5O2S. The Hall–Kier alpha value is -1.67. The fraction of sp³-hybridized carbons (Fsp3) is 0.647. The number of fused-ring (bicyclic) bond motifs is 1. The number of aryl methyl sites for hydroxylation is 2. The topological polar surface area (TPSA) is 73.0 Å². The van der Waals surface area contributed by atoms with Crippen molar-refractivity contribution >= 4 is 10.0 Å². The number of rotatable bonds is 5. The van der Waals surface area contributed by atoms with Gasteiger partial charge in [0.05, 0.1) is 5.75 Å². The summed E-state index contributed by atoms with van der Waals surface area (Å²) in [6.45, 7) is 5.66. The summed E-state index contributed by atoms with van der Waals surface area (Å²) in [5.74, 6) is 1.74. The average Bonchev–Trinajstić information content (AvgIpc) is 3.27. The number of imidazole rings is 1. The summed E-state index contributed by atoms with van der Waals surface area (Å²) >= 11 is 0. The number of hydrogen-bond acceptors (Lipinski definition) is 4. The molecule has 136 valence electrons. The second kappa shape index (κ2) is 5.95. The first-order valence-corrected chi connectivity index (χ1v) is 10.6. The fourth-order valence-electron chi connectivity index (χ4n) is 3.61. The molecule has 0 radical (unpaired) electrons. The molecule has 1 aliphatic carbocycles. The average molecular weight is 363 g/mol. The molecule has 0 unspecified atom stereocenters. The van der Waals surface area contributed by atoms with Gasteiger partial charge in [0.2, 0.25) is 10.0 Å². The van der Waals surface area contributed by atoms with Crippen LogP contribution in [0.5, 0.6) is 0 Å². The van der Waals surface area contributed by atoms with Crippen molar-refractivity contribution in [3.8, 4) is 11.5 Å². The maximum absolute atomic E-state index is 12.3. The second-order valence-corrected chi connectivity index (χ2v) is 9.42. The highest BCUT2D eigenvalue weighted by Crippen LogP contribution is 2.35. The zero-order valence-electron chi connectivity index (χ0n) is 15.1. The molecule has 1 aliphatic heterocycles. The minimum atomic E-state index is -3.20. The highest BCUT2D eigenvalue weighted by atomic mass is 32.2. The van der Waals surface area contributed by atoms with E-state index in [0.717, 1.165) is 40.9 Å². The Morgan fingerprint density at radius 1 is 1.32 bits per heavy atom. The number of aromatic nitrogens is 4. The molecule has 1 saturated carbocycles. The van der Waals surface area contributed by atoms with Crippen molar-refractivity contribution in [2.45, 2.75) is 46.2 Å². The third-order valence-electron chi connectivity index (χ3n) is 5.37. The van der Waals surface area contributed by atoms with Gasteiger partial charge in [-0.1, -0.05) is 0 Å². The van der Waals surface area contributed by atoms with Gasteiger partial charge in [-0.05, 0) is 32.6 Å². The predicted molar refractivity (Wildman–Crippen MR) is 95.5 cm³/mol. The summed E-state index contributed by atoms with van der Waals surface area (Å²) in [5, 5.41) is 4.72. The molecule has 2 aromatic heterocycles. The lowest BCUT2D eigenvalue weighted by atomic mass is 10.1. The Bertz CT molecular complexity index is 908. The quantitative estimate of drug-likeness (QED) is 0.811. The van der Waals surface area contributed by atoms with Crippen molar-refractivity contribution in [3.05, 3.63) is 23.1 Å². The van der Waals surface area contributed by atoms with Gasteiger partial charge in [0.1, 0.15) is 5.69 Å². The standard InChI is InChI=1S/C17H25N5O2S/c1-4-25(23,24)21-8-7-15-14(11-21)16(19-20(15)3)17-18-9-12(2)22(17)10-13-5-6-13/h9,13H,4-8,10-11H2,1-3H3. The van der Waals surface area contributed by atoms with E-state index in [1.807, 2.05) is 17.9 Å². The first kappa shape index (κ1) is 16.8. The summed E-state index contributed by atoms with van der Waals surface area (Å²) < 4.78 is 30.4.